The van der Waals surface area contributed by atoms with E-state index in [1.165, 1.54) is 0 Å². The summed E-state index contributed by atoms with van der Waals surface area (Å²) in [6, 6.07) is 0. The fourth-order valence-electron chi connectivity index (χ4n) is 1.42. The molecule has 0 spiro atoms. The average Bonchev–Trinajstić information content (AvgIpc) is 2.18. The average molecular weight is 153 g/mol. The Hall–Kier alpha value is -0.790. The molecular weight excluding hydrogens is 138 g/mol. The lowest BCUT2D eigenvalue weighted by atomic mass is 9.82. The van der Waals surface area contributed by atoms with Gasteiger partial charge in [0.1, 0.15) is 0 Å². The number of hydrogen-bond donors (Lipinski definition) is 0. The minimum absolute atomic E-state index is 0.213. The van der Waals surface area contributed by atoms with E-state index in [0.29, 0.717) is 0 Å². The van der Waals surface area contributed by atoms with E-state index in [0.717, 1.165) is 18.5 Å². The van der Waals surface area contributed by atoms with Crippen LogP contribution in [0.5, 0.6) is 0 Å². The molecule has 0 radical (unpaired) electrons. The molecule has 1 unspecified atom stereocenters. The highest BCUT2D eigenvalue weighted by Crippen LogP contribution is 2.36. The van der Waals surface area contributed by atoms with Gasteiger partial charge in [-0.25, -0.2) is 0 Å². The number of nitrogens with zero attached hydrogens (tertiary/aromatic N) is 1. The lowest BCUT2D eigenvalue weighted by Crippen LogP contribution is -2.30. The van der Waals surface area contributed by atoms with E-state index in [4.69, 9.17) is 0 Å². The fraction of sp³-hybridized carbons (Fsp3) is 0.667. The summed E-state index contributed by atoms with van der Waals surface area (Å²) in [6.07, 6.45) is 0.914. The second-order valence-electron chi connectivity index (χ2n) is 3.59. The van der Waals surface area contributed by atoms with E-state index in [2.05, 4.69) is 6.58 Å². The number of rotatable bonds is 1. The van der Waals surface area contributed by atoms with Gasteiger partial charge in [-0.1, -0.05) is 12.2 Å². The number of carbonyl (C=O) groups is 1. The van der Waals surface area contributed by atoms with Crippen LogP contribution in [0.1, 0.15) is 20.3 Å². The van der Waals surface area contributed by atoms with Crippen molar-refractivity contribution >= 4 is 5.91 Å². The molecule has 0 aromatic rings. The Morgan fingerprint density at radius 2 is 2.27 bits per heavy atom. The zero-order chi connectivity index (χ0) is 8.65. The van der Waals surface area contributed by atoms with Crippen molar-refractivity contribution in [1.29, 1.82) is 0 Å². The molecule has 62 valence electrons. The second kappa shape index (κ2) is 2.36. The molecule has 0 bridgehead atoms. The predicted octanol–water partition coefficient (Wildman–Crippen LogP) is 1.43. The maximum Gasteiger partial charge on any atom is 0.232 e. The Kier molecular flexibility index (Phi) is 1.78. The molecule has 11 heavy (non-hydrogen) atoms. The first-order valence-corrected chi connectivity index (χ1v) is 3.90. The third-order valence-electron chi connectivity index (χ3n) is 2.71. The van der Waals surface area contributed by atoms with E-state index in [1.54, 1.807) is 4.90 Å². The monoisotopic (exact) mass is 153 g/mol. The minimum atomic E-state index is -0.283. The first kappa shape index (κ1) is 8.31. The van der Waals surface area contributed by atoms with Gasteiger partial charge < -0.3 is 4.90 Å². The van der Waals surface area contributed by atoms with Gasteiger partial charge in [0, 0.05) is 13.6 Å². The summed E-state index contributed by atoms with van der Waals surface area (Å²) < 4.78 is 0. The third kappa shape index (κ3) is 1.06. The molecule has 1 aliphatic rings. The standard InChI is InChI=1S/C9H15NO/c1-7(2)9(3)5-6-10(4)8(9)11/h1,5-6H2,2-4H3. The highest BCUT2D eigenvalue weighted by atomic mass is 16.2. The van der Waals surface area contributed by atoms with Crippen molar-refractivity contribution in [2.24, 2.45) is 5.41 Å². The van der Waals surface area contributed by atoms with Crippen molar-refractivity contribution in [3.05, 3.63) is 12.2 Å². The maximum atomic E-state index is 11.5. The molecule has 1 fully saturated rings. The molecule has 1 atom stereocenters. The summed E-state index contributed by atoms with van der Waals surface area (Å²) in [5.41, 5.74) is 0.696. The van der Waals surface area contributed by atoms with Gasteiger partial charge in [-0.15, -0.1) is 0 Å². The molecule has 0 N–H and O–H groups in total. The Bertz CT molecular complexity index is 210. The van der Waals surface area contributed by atoms with Crippen LogP contribution in [0.25, 0.3) is 0 Å². The van der Waals surface area contributed by atoms with Crippen LogP contribution < -0.4 is 0 Å². The molecule has 1 heterocycles. The van der Waals surface area contributed by atoms with E-state index in [1.807, 2.05) is 20.9 Å². The summed E-state index contributed by atoms with van der Waals surface area (Å²) in [5, 5.41) is 0. The number of likely N-dealkylation sites (tertiary alicyclic amines) is 1. The molecule has 1 aliphatic heterocycles. The topological polar surface area (TPSA) is 20.3 Å². The third-order valence-corrected chi connectivity index (χ3v) is 2.71. The smallest absolute Gasteiger partial charge is 0.232 e. The Morgan fingerprint density at radius 3 is 2.45 bits per heavy atom. The molecule has 1 rings (SSSR count). The van der Waals surface area contributed by atoms with Crippen molar-refractivity contribution in [1.82, 2.24) is 4.90 Å². The van der Waals surface area contributed by atoms with Crippen molar-refractivity contribution in [2.45, 2.75) is 20.3 Å². The first-order chi connectivity index (χ1) is 4.98. The molecule has 2 nitrogen and oxygen atoms in total. The first-order valence-electron chi connectivity index (χ1n) is 3.90. The summed E-state index contributed by atoms with van der Waals surface area (Å²) in [5.74, 6) is 0.213. The van der Waals surface area contributed by atoms with E-state index in [-0.39, 0.29) is 11.3 Å². The lowest BCUT2D eigenvalue weighted by Gasteiger charge is -2.21. The molecule has 2 heteroatoms. The van der Waals surface area contributed by atoms with Crippen LogP contribution in [0, 0.1) is 5.41 Å². The zero-order valence-electron chi connectivity index (χ0n) is 7.48. The number of amides is 1. The van der Waals surface area contributed by atoms with Gasteiger partial charge in [-0.05, 0) is 20.3 Å². The Morgan fingerprint density at radius 1 is 1.73 bits per heavy atom. The van der Waals surface area contributed by atoms with Crippen LogP contribution in [0.3, 0.4) is 0 Å². The normalized spacial score (nSPS) is 31.2. The van der Waals surface area contributed by atoms with Crippen LogP contribution in [-0.4, -0.2) is 24.4 Å². The van der Waals surface area contributed by atoms with Gasteiger partial charge in [0.05, 0.1) is 5.41 Å². The van der Waals surface area contributed by atoms with Gasteiger partial charge >= 0.3 is 0 Å². The molecule has 1 saturated heterocycles. The van der Waals surface area contributed by atoms with Crippen molar-refractivity contribution in [3.63, 3.8) is 0 Å². The SMILES string of the molecule is C=C(C)C1(C)CCN(C)C1=O. The van der Waals surface area contributed by atoms with Gasteiger partial charge in [0.15, 0.2) is 0 Å². The van der Waals surface area contributed by atoms with Crippen LogP contribution in [0.4, 0.5) is 0 Å². The number of carbonyl (C=O) groups excluding carboxylic acids is 1. The van der Waals surface area contributed by atoms with E-state index < -0.39 is 0 Å². The maximum absolute atomic E-state index is 11.5. The largest absolute Gasteiger partial charge is 0.345 e. The summed E-state index contributed by atoms with van der Waals surface area (Å²) in [4.78, 5) is 13.3. The van der Waals surface area contributed by atoms with Gasteiger partial charge in [0.25, 0.3) is 0 Å². The van der Waals surface area contributed by atoms with Crippen LogP contribution in [0.15, 0.2) is 12.2 Å². The Balaban J connectivity index is 2.90. The minimum Gasteiger partial charge on any atom is -0.345 e. The zero-order valence-corrected chi connectivity index (χ0v) is 7.48. The van der Waals surface area contributed by atoms with Crippen LogP contribution in [-0.2, 0) is 4.79 Å². The summed E-state index contributed by atoms with van der Waals surface area (Å²) in [6.45, 7) is 8.61. The number of hydrogen-bond acceptors (Lipinski definition) is 1. The highest BCUT2D eigenvalue weighted by Gasteiger charge is 2.41. The quantitative estimate of drug-likeness (QED) is 0.522. The molecular formula is C9H15NO. The van der Waals surface area contributed by atoms with E-state index >= 15 is 0 Å². The molecule has 1 amide bonds. The van der Waals surface area contributed by atoms with Crippen molar-refractivity contribution in [2.75, 3.05) is 13.6 Å². The van der Waals surface area contributed by atoms with Crippen LogP contribution >= 0.6 is 0 Å². The van der Waals surface area contributed by atoms with Gasteiger partial charge in [-0.3, -0.25) is 4.79 Å². The molecule has 0 aliphatic carbocycles. The molecule has 0 aromatic carbocycles. The highest BCUT2D eigenvalue weighted by molar-refractivity contribution is 5.87. The predicted molar refractivity (Wildman–Crippen MR) is 45.2 cm³/mol. The molecule has 0 aromatic heterocycles. The van der Waals surface area contributed by atoms with Crippen molar-refractivity contribution in [3.8, 4) is 0 Å². The van der Waals surface area contributed by atoms with Gasteiger partial charge in [-0.2, -0.15) is 0 Å². The van der Waals surface area contributed by atoms with Gasteiger partial charge in [0.2, 0.25) is 5.91 Å². The molecule has 0 saturated carbocycles. The second-order valence-corrected chi connectivity index (χ2v) is 3.59. The fourth-order valence-corrected chi connectivity index (χ4v) is 1.42. The summed E-state index contributed by atoms with van der Waals surface area (Å²) in [7, 11) is 1.84. The summed E-state index contributed by atoms with van der Waals surface area (Å²) >= 11 is 0. The Labute approximate surface area is 67.9 Å². The van der Waals surface area contributed by atoms with Crippen molar-refractivity contribution < 1.29 is 4.79 Å². The van der Waals surface area contributed by atoms with Crippen LogP contribution in [0.2, 0.25) is 0 Å². The lowest BCUT2D eigenvalue weighted by molar-refractivity contribution is -0.132. The van der Waals surface area contributed by atoms with E-state index in [9.17, 15) is 4.79 Å².